The van der Waals surface area contributed by atoms with Crippen LogP contribution in [0.1, 0.15) is 44.9 Å². The summed E-state index contributed by atoms with van der Waals surface area (Å²) in [5, 5.41) is 9.13. The molecule has 6 nitrogen and oxygen atoms in total. The summed E-state index contributed by atoms with van der Waals surface area (Å²) >= 11 is 0. The molecule has 2 rings (SSSR count). The molecule has 0 aromatic rings. The molecule has 0 aromatic carbocycles. The molecule has 0 radical (unpaired) electrons. The Kier molecular flexibility index (Phi) is 6.19. The summed E-state index contributed by atoms with van der Waals surface area (Å²) in [6.45, 7) is 5.18. The maximum absolute atomic E-state index is 12.7. The van der Waals surface area contributed by atoms with Crippen molar-refractivity contribution >= 4 is 17.8 Å². The maximum Gasteiger partial charge on any atom is 0.305 e. The monoisotopic (exact) mass is 322 g/mol. The molecule has 0 bridgehead atoms. The molecule has 1 heterocycles. The Morgan fingerprint density at radius 2 is 1.96 bits per heavy atom. The molecule has 1 saturated carbocycles. The van der Waals surface area contributed by atoms with Crippen molar-refractivity contribution in [2.24, 2.45) is 5.92 Å². The minimum absolute atomic E-state index is 0.0344. The summed E-state index contributed by atoms with van der Waals surface area (Å²) in [4.78, 5) is 39.6. The van der Waals surface area contributed by atoms with Crippen LogP contribution >= 0.6 is 0 Å². The van der Waals surface area contributed by atoms with Crippen LogP contribution in [0.5, 0.6) is 0 Å². The molecule has 1 saturated heterocycles. The zero-order valence-electron chi connectivity index (χ0n) is 13.6. The van der Waals surface area contributed by atoms with Gasteiger partial charge in [0.1, 0.15) is 6.04 Å². The third kappa shape index (κ3) is 4.33. The van der Waals surface area contributed by atoms with Crippen LogP contribution in [0.15, 0.2) is 12.7 Å². The first-order valence-corrected chi connectivity index (χ1v) is 8.46. The van der Waals surface area contributed by atoms with Gasteiger partial charge in [0.25, 0.3) is 0 Å². The molecule has 1 aliphatic heterocycles. The van der Waals surface area contributed by atoms with Crippen LogP contribution in [0.25, 0.3) is 0 Å². The minimum atomic E-state index is -1.04. The second-order valence-electron chi connectivity index (χ2n) is 6.38. The van der Waals surface area contributed by atoms with Gasteiger partial charge in [-0.2, -0.15) is 0 Å². The van der Waals surface area contributed by atoms with E-state index in [2.05, 4.69) is 6.58 Å². The number of hydrogen-bond donors (Lipinski definition) is 1. The Bertz CT molecular complexity index is 471. The van der Waals surface area contributed by atoms with Gasteiger partial charge < -0.3 is 14.9 Å². The fourth-order valence-electron chi connectivity index (χ4n) is 3.52. The van der Waals surface area contributed by atoms with Gasteiger partial charge in [-0.15, -0.1) is 6.58 Å². The second-order valence-corrected chi connectivity index (χ2v) is 6.38. The lowest BCUT2D eigenvalue weighted by Gasteiger charge is -2.41. The predicted molar refractivity (Wildman–Crippen MR) is 85.7 cm³/mol. The van der Waals surface area contributed by atoms with Crippen molar-refractivity contribution < 1.29 is 19.5 Å². The summed E-state index contributed by atoms with van der Waals surface area (Å²) < 4.78 is 0. The van der Waals surface area contributed by atoms with Crippen molar-refractivity contribution in [1.82, 2.24) is 9.80 Å². The van der Waals surface area contributed by atoms with Crippen LogP contribution in [-0.4, -0.2) is 58.4 Å². The SMILES string of the molecule is C=CCCCN1CCN(C(=O)C2CCCC2)C(CC(=O)O)C1=O. The van der Waals surface area contributed by atoms with Crippen LogP contribution in [0.4, 0.5) is 0 Å². The lowest BCUT2D eigenvalue weighted by molar-refractivity contribution is -0.157. The van der Waals surface area contributed by atoms with E-state index in [0.29, 0.717) is 19.6 Å². The molecule has 1 N–H and O–H groups in total. The Hall–Kier alpha value is -1.85. The smallest absolute Gasteiger partial charge is 0.305 e. The van der Waals surface area contributed by atoms with Crippen molar-refractivity contribution in [3.63, 3.8) is 0 Å². The highest BCUT2D eigenvalue weighted by Crippen LogP contribution is 2.29. The highest BCUT2D eigenvalue weighted by atomic mass is 16.4. The van der Waals surface area contributed by atoms with E-state index in [1.165, 1.54) is 4.90 Å². The van der Waals surface area contributed by atoms with E-state index in [4.69, 9.17) is 5.11 Å². The van der Waals surface area contributed by atoms with E-state index in [-0.39, 0.29) is 24.2 Å². The molecule has 128 valence electrons. The molecule has 2 amide bonds. The van der Waals surface area contributed by atoms with Gasteiger partial charge in [0, 0.05) is 25.6 Å². The summed E-state index contributed by atoms with van der Waals surface area (Å²) in [5.74, 6) is -1.34. The first-order chi connectivity index (χ1) is 11.0. The summed E-state index contributed by atoms with van der Waals surface area (Å²) in [6.07, 6.45) is 6.90. The van der Waals surface area contributed by atoms with Crippen LogP contribution < -0.4 is 0 Å². The van der Waals surface area contributed by atoms with E-state index in [1.54, 1.807) is 11.0 Å². The average molecular weight is 322 g/mol. The van der Waals surface area contributed by atoms with Crippen LogP contribution in [0, 0.1) is 5.92 Å². The van der Waals surface area contributed by atoms with E-state index in [0.717, 1.165) is 38.5 Å². The molecule has 2 aliphatic rings. The highest BCUT2D eigenvalue weighted by Gasteiger charge is 2.40. The fourth-order valence-corrected chi connectivity index (χ4v) is 3.52. The fraction of sp³-hybridized carbons (Fsp3) is 0.706. The highest BCUT2D eigenvalue weighted by molar-refractivity contribution is 5.92. The number of rotatable bonds is 7. The lowest BCUT2D eigenvalue weighted by Crippen LogP contribution is -2.60. The van der Waals surface area contributed by atoms with Gasteiger partial charge in [-0.25, -0.2) is 0 Å². The largest absolute Gasteiger partial charge is 0.481 e. The Morgan fingerprint density at radius 3 is 2.57 bits per heavy atom. The van der Waals surface area contributed by atoms with Gasteiger partial charge in [-0.1, -0.05) is 18.9 Å². The molecule has 0 spiro atoms. The van der Waals surface area contributed by atoms with Gasteiger partial charge in [0.05, 0.1) is 6.42 Å². The van der Waals surface area contributed by atoms with Gasteiger partial charge in [-0.05, 0) is 25.7 Å². The normalized spacial score (nSPS) is 22.4. The topological polar surface area (TPSA) is 77.9 Å². The van der Waals surface area contributed by atoms with Gasteiger partial charge >= 0.3 is 5.97 Å². The predicted octanol–water partition coefficient (Wildman–Crippen LogP) is 1.66. The number of carbonyl (C=O) groups excluding carboxylic acids is 2. The minimum Gasteiger partial charge on any atom is -0.481 e. The number of amides is 2. The number of hydrogen-bond acceptors (Lipinski definition) is 3. The van der Waals surface area contributed by atoms with E-state index < -0.39 is 12.0 Å². The zero-order chi connectivity index (χ0) is 16.8. The number of carboxylic acid groups (broad SMARTS) is 1. The molecular formula is C17H26N2O4. The molecule has 1 aliphatic carbocycles. The average Bonchev–Trinajstić information content (AvgIpc) is 3.04. The number of carbonyl (C=O) groups is 3. The molecule has 23 heavy (non-hydrogen) atoms. The Morgan fingerprint density at radius 1 is 1.26 bits per heavy atom. The first-order valence-electron chi connectivity index (χ1n) is 8.46. The number of aliphatic carboxylic acids is 1. The number of allylic oxidation sites excluding steroid dienone is 1. The molecule has 2 fully saturated rings. The standard InChI is InChI=1S/C17H26N2O4/c1-2-3-6-9-18-10-11-19(14(17(18)23)12-15(20)21)16(22)13-7-4-5-8-13/h2,13-14H,1,3-12H2,(H,20,21). The van der Waals surface area contributed by atoms with Crippen LogP contribution in [-0.2, 0) is 14.4 Å². The molecule has 0 aromatic heterocycles. The summed E-state index contributed by atoms with van der Waals surface area (Å²) in [5.41, 5.74) is 0. The van der Waals surface area contributed by atoms with Gasteiger partial charge in [0.2, 0.25) is 11.8 Å². The second kappa shape index (κ2) is 8.13. The molecule has 1 unspecified atom stereocenters. The van der Waals surface area contributed by atoms with Crippen LogP contribution in [0.2, 0.25) is 0 Å². The van der Waals surface area contributed by atoms with Crippen molar-refractivity contribution in [1.29, 1.82) is 0 Å². The molecule has 6 heteroatoms. The Balaban J connectivity index is 2.06. The number of piperazine rings is 1. The quantitative estimate of drug-likeness (QED) is 0.571. The van der Waals surface area contributed by atoms with Gasteiger partial charge in [0.15, 0.2) is 0 Å². The number of carboxylic acids is 1. The van der Waals surface area contributed by atoms with Crippen molar-refractivity contribution in [2.45, 2.75) is 51.0 Å². The molecule has 1 atom stereocenters. The van der Waals surface area contributed by atoms with Gasteiger partial charge in [-0.3, -0.25) is 14.4 Å². The summed E-state index contributed by atoms with van der Waals surface area (Å²) in [7, 11) is 0. The van der Waals surface area contributed by atoms with Crippen molar-refractivity contribution in [2.75, 3.05) is 19.6 Å². The third-order valence-corrected chi connectivity index (χ3v) is 4.78. The van der Waals surface area contributed by atoms with E-state index in [1.807, 2.05) is 0 Å². The lowest BCUT2D eigenvalue weighted by atomic mass is 10.0. The van der Waals surface area contributed by atoms with Crippen LogP contribution in [0.3, 0.4) is 0 Å². The van der Waals surface area contributed by atoms with Crippen molar-refractivity contribution in [3.8, 4) is 0 Å². The maximum atomic E-state index is 12.7. The third-order valence-electron chi connectivity index (χ3n) is 4.78. The first kappa shape index (κ1) is 17.5. The number of unbranched alkanes of at least 4 members (excludes halogenated alkanes) is 1. The van der Waals surface area contributed by atoms with E-state index >= 15 is 0 Å². The zero-order valence-corrected chi connectivity index (χ0v) is 13.6. The molecular weight excluding hydrogens is 296 g/mol. The Labute approximate surface area is 137 Å². The van der Waals surface area contributed by atoms with E-state index in [9.17, 15) is 14.4 Å². The van der Waals surface area contributed by atoms with Crippen molar-refractivity contribution in [3.05, 3.63) is 12.7 Å². The summed E-state index contributed by atoms with van der Waals surface area (Å²) in [6, 6.07) is -0.849. The number of nitrogens with zero attached hydrogens (tertiary/aromatic N) is 2.